The Morgan fingerprint density at radius 1 is 1.28 bits per heavy atom. The van der Waals surface area contributed by atoms with Crippen LogP contribution in [0, 0.1) is 0 Å². The van der Waals surface area contributed by atoms with Gasteiger partial charge in [0, 0.05) is 12.8 Å². The number of carbonyl (C=O) groups excluding carboxylic acids is 2. The smallest absolute Gasteiger partial charge is 0.305 e. The molecule has 0 saturated carbocycles. The number of esters is 1. The second-order valence-corrected chi connectivity index (χ2v) is 6.52. The van der Waals surface area contributed by atoms with Crippen molar-refractivity contribution >= 4 is 40.8 Å². The number of nitrogens with zero attached hydrogens (tertiary/aromatic N) is 2. The van der Waals surface area contributed by atoms with Crippen LogP contribution in [0.5, 0.6) is 0 Å². The fourth-order valence-corrected chi connectivity index (χ4v) is 2.81. The molecular weight excluding hydrogens is 364 g/mol. The van der Waals surface area contributed by atoms with E-state index in [4.69, 9.17) is 5.73 Å². The first-order valence-corrected chi connectivity index (χ1v) is 8.30. The van der Waals surface area contributed by atoms with E-state index in [-0.39, 0.29) is 24.3 Å². The van der Waals surface area contributed by atoms with E-state index in [9.17, 15) is 9.59 Å². The zero-order chi connectivity index (χ0) is 17.6. The third kappa shape index (κ3) is 5.77. The van der Waals surface area contributed by atoms with Gasteiger partial charge in [-0.3, -0.25) is 14.9 Å². The van der Waals surface area contributed by atoms with Crippen LogP contribution in [0.1, 0.15) is 30.3 Å². The van der Waals surface area contributed by atoms with Crippen LogP contribution in [-0.2, 0) is 26.3 Å². The van der Waals surface area contributed by atoms with Crippen LogP contribution in [0.2, 0.25) is 0 Å². The number of hydrogen-bond donors (Lipinski definition) is 2. The van der Waals surface area contributed by atoms with E-state index in [1.165, 1.54) is 18.4 Å². The number of nitrogens with one attached hydrogen (secondary N) is 1. The maximum absolute atomic E-state index is 12.4. The minimum atomic E-state index is -1.17. The monoisotopic (exact) mass is 384 g/mol. The average Bonchev–Trinajstić information content (AvgIpc) is 3.02. The lowest BCUT2D eigenvalue weighted by Gasteiger charge is -2.23. The Morgan fingerprint density at radius 2 is 1.96 bits per heavy atom. The highest BCUT2D eigenvalue weighted by molar-refractivity contribution is 7.15. The number of halogens is 1. The SMILES string of the molecule is COC(=O)CCCc1nnc(NC(=O)C(C)(N)c2ccccc2)s1.Cl. The van der Waals surface area contributed by atoms with Gasteiger partial charge in [-0.15, -0.1) is 22.6 Å². The Morgan fingerprint density at radius 3 is 2.60 bits per heavy atom. The second kappa shape index (κ2) is 9.45. The predicted molar refractivity (Wildman–Crippen MR) is 98.7 cm³/mol. The molecule has 25 heavy (non-hydrogen) atoms. The number of carbonyl (C=O) groups is 2. The summed E-state index contributed by atoms with van der Waals surface area (Å²) in [7, 11) is 1.36. The van der Waals surface area contributed by atoms with Gasteiger partial charge < -0.3 is 10.5 Å². The molecule has 0 aliphatic carbocycles. The molecule has 0 fully saturated rings. The Bertz CT molecular complexity index is 706. The number of methoxy groups -OCH3 is 1. The summed E-state index contributed by atoms with van der Waals surface area (Å²) in [5.41, 5.74) is 5.70. The Hall–Kier alpha value is -2.03. The van der Waals surface area contributed by atoms with Crippen molar-refractivity contribution < 1.29 is 14.3 Å². The third-order valence-electron chi connectivity index (χ3n) is 3.53. The van der Waals surface area contributed by atoms with Crippen LogP contribution in [0.4, 0.5) is 5.13 Å². The average molecular weight is 385 g/mol. The Balaban J connectivity index is 0.00000312. The van der Waals surface area contributed by atoms with E-state index in [2.05, 4.69) is 20.3 Å². The van der Waals surface area contributed by atoms with E-state index in [0.717, 1.165) is 5.01 Å². The third-order valence-corrected chi connectivity index (χ3v) is 4.43. The normalized spacial score (nSPS) is 12.6. The van der Waals surface area contributed by atoms with Gasteiger partial charge in [0.25, 0.3) is 5.91 Å². The summed E-state index contributed by atoms with van der Waals surface area (Å²) in [5, 5.41) is 11.8. The van der Waals surface area contributed by atoms with Crippen LogP contribution in [0.15, 0.2) is 30.3 Å². The molecule has 9 heteroatoms. The van der Waals surface area contributed by atoms with Gasteiger partial charge in [-0.2, -0.15) is 0 Å². The van der Waals surface area contributed by atoms with Crippen molar-refractivity contribution in [3.63, 3.8) is 0 Å². The summed E-state index contributed by atoms with van der Waals surface area (Å²) >= 11 is 1.27. The van der Waals surface area contributed by atoms with Crippen LogP contribution in [0.3, 0.4) is 0 Å². The lowest BCUT2D eigenvalue weighted by Crippen LogP contribution is -2.45. The second-order valence-electron chi connectivity index (χ2n) is 5.45. The number of nitrogens with two attached hydrogens (primary N) is 1. The Kier molecular flexibility index (Phi) is 7.95. The van der Waals surface area contributed by atoms with Crippen LogP contribution >= 0.6 is 23.7 Å². The zero-order valence-electron chi connectivity index (χ0n) is 14.0. The molecule has 136 valence electrons. The largest absolute Gasteiger partial charge is 0.469 e. The lowest BCUT2D eigenvalue weighted by molar-refractivity contribution is -0.140. The van der Waals surface area contributed by atoms with E-state index in [0.29, 0.717) is 30.0 Å². The molecule has 0 bridgehead atoms. The maximum atomic E-state index is 12.4. The first-order chi connectivity index (χ1) is 11.4. The molecule has 1 amide bonds. The van der Waals surface area contributed by atoms with E-state index < -0.39 is 5.54 Å². The minimum absolute atomic E-state index is 0. The Labute approximate surface area is 156 Å². The van der Waals surface area contributed by atoms with Crippen molar-refractivity contribution in [2.75, 3.05) is 12.4 Å². The fraction of sp³-hybridized carbons (Fsp3) is 0.375. The molecule has 0 radical (unpaired) electrons. The predicted octanol–water partition coefficient (Wildman–Crippen LogP) is 2.27. The molecule has 0 aliphatic rings. The summed E-state index contributed by atoms with van der Waals surface area (Å²) in [6.07, 6.45) is 1.54. The standard InChI is InChI=1S/C16H20N4O3S.ClH/c1-16(17,11-7-4-3-5-8-11)14(22)18-15-20-19-12(24-15)9-6-10-13(21)23-2;/h3-5,7-8H,6,9-10,17H2,1-2H3,(H,18,20,22);1H. The molecule has 0 saturated heterocycles. The van der Waals surface area contributed by atoms with E-state index in [1.807, 2.05) is 18.2 Å². The van der Waals surface area contributed by atoms with Gasteiger partial charge in [-0.1, -0.05) is 41.7 Å². The van der Waals surface area contributed by atoms with Crippen molar-refractivity contribution in [1.82, 2.24) is 10.2 Å². The minimum Gasteiger partial charge on any atom is -0.469 e. The molecule has 1 aromatic carbocycles. The molecule has 3 N–H and O–H groups in total. The van der Waals surface area contributed by atoms with Crippen molar-refractivity contribution in [2.45, 2.75) is 31.7 Å². The van der Waals surface area contributed by atoms with Gasteiger partial charge in [0.05, 0.1) is 7.11 Å². The lowest BCUT2D eigenvalue weighted by atomic mass is 9.92. The molecule has 2 aromatic rings. The highest BCUT2D eigenvalue weighted by Crippen LogP contribution is 2.22. The number of hydrogen-bond acceptors (Lipinski definition) is 7. The van der Waals surface area contributed by atoms with E-state index in [1.54, 1.807) is 19.1 Å². The van der Waals surface area contributed by atoms with Crippen LogP contribution < -0.4 is 11.1 Å². The van der Waals surface area contributed by atoms with Gasteiger partial charge >= 0.3 is 5.97 Å². The van der Waals surface area contributed by atoms with Gasteiger partial charge in [-0.05, 0) is 18.9 Å². The molecule has 7 nitrogen and oxygen atoms in total. The molecule has 0 aliphatic heterocycles. The van der Waals surface area contributed by atoms with Crippen molar-refractivity contribution in [2.24, 2.45) is 5.73 Å². The number of rotatable bonds is 7. The number of aromatic nitrogens is 2. The molecule has 2 rings (SSSR count). The summed E-state index contributed by atoms with van der Waals surface area (Å²) in [5.74, 6) is -0.610. The number of anilines is 1. The first kappa shape index (κ1) is 21.0. The van der Waals surface area contributed by atoms with Gasteiger partial charge in [0.2, 0.25) is 5.13 Å². The number of benzene rings is 1. The molecule has 1 heterocycles. The van der Waals surface area contributed by atoms with Gasteiger partial charge in [0.15, 0.2) is 0 Å². The quantitative estimate of drug-likeness (QED) is 0.709. The topological polar surface area (TPSA) is 107 Å². The highest BCUT2D eigenvalue weighted by Gasteiger charge is 2.31. The van der Waals surface area contributed by atoms with Crippen LogP contribution in [-0.4, -0.2) is 29.2 Å². The van der Waals surface area contributed by atoms with Crippen molar-refractivity contribution in [3.05, 3.63) is 40.9 Å². The highest BCUT2D eigenvalue weighted by atomic mass is 35.5. The van der Waals surface area contributed by atoms with E-state index >= 15 is 0 Å². The zero-order valence-corrected chi connectivity index (χ0v) is 15.7. The molecule has 1 unspecified atom stereocenters. The van der Waals surface area contributed by atoms with Gasteiger partial charge in [0.1, 0.15) is 10.5 Å². The number of amides is 1. The van der Waals surface area contributed by atoms with Crippen molar-refractivity contribution in [3.8, 4) is 0 Å². The van der Waals surface area contributed by atoms with Crippen molar-refractivity contribution in [1.29, 1.82) is 0 Å². The first-order valence-electron chi connectivity index (χ1n) is 7.48. The van der Waals surface area contributed by atoms with Crippen LogP contribution in [0.25, 0.3) is 0 Å². The molecule has 0 spiro atoms. The maximum Gasteiger partial charge on any atom is 0.305 e. The summed E-state index contributed by atoms with van der Waals surface area (Å²) in [4.78, 5) is 23.5. The molecule has 1 aromatic heterocycles. The number of ether oxygens (including phenoxy) is 1. The summed E-state index contributed by atoms with van der Waals surface area (Å²) in [6, 6.07) is 9.13. The van der Waals surface area contributed by atoms with Gasteiger partial charge in [-0.25, -0.2) is 0 Å². The summed E-state index contributed by atoms with van der Waals surface area (Å²) in [6.45, 7) is 1.65. The fourth-order valence-electron chi connectivity index (χ4n) is 2.03. The molecule has 1 atom stereocenters. The summed E-state index contributed by atoms with van der Waals surface area (Å²) < 4.78 is 4.58. The molecular formula is C16H21ClN4O3S. The number of aryl methyl sites for hydroxylation is 1.